The van der Waals surface area contributed by atoms with Crippen molar-refractivity contribution in [2.24, 2.45) is 0 Å². The van der Waals surface area contributed by atoms with Crippen molar-refractivity contribution in [2.45, 2.75) is 18.2 Å². The monoisotopic (exact) mass is 336 g/mol. The molecule has 3 rings (SSSR count). The quantitative estimate of drug-likeness (QED) is 0.386. The first-order chi connectivity index (χ1) is 11.8. The van der Waals surface area contributed by atoms with Crippen LogP contribution in [0.15, 0.2) is 83.8 Å². The maximum absolute atomic E-state index is 5.86. The summed E-state index contributed by atoms with van der Waals surface area (Å²) in [4.78, 5) is 1.13. The van der Waals surface area contributed by atoms with Crippen LogP contribution in [0.3, 0.4) is 0 Å². The lowest BCUT2D eigenvalue weighted by Crippen LogP contribution is -1.94. The second-order valence-electron chi connectivity index (χ2n) is 5.53. The number of hydrogen-bond donors (Lipinski definition) is 0. The molecule has 0 N–H and O–H groups in total. The molecule has 0 saturated heterocycles. The van der Waals surface area contributed by atoms with Crippen molar-refractivity contribution < 1.29 is 8.92 Å². The van der Waals surface area contributed by atoms with Crippen LogP contribution in [-0.4, -0.2) is 6.61 Å². The topological polar surface area (TPSA) is 18.5 Å². The van der Waals surface area contributed by atoms with Crippen LogP contribution in [0.2, 0.25) is 0 Å². The minimum atomic E-state index is 0.660. The van der Waals surface area contributed by atoms with Gasteiger partial charge in [-0.15, -0.1) is 0 Å². The van der Waals surface area contributed by atoms with Gasteiger partial charge in [-0.2, -0.15) is 0 Å². The van der Waals surface area contributed by atoms with Crippen molar-refractivity contribution in [1.82, 2.24) is 0 Å². The van der Waals surface area contributed by atoms with Gasteiger partial charge in [0.05, 0.1) is 6.61 Å². The summed E-state index contributed by atoms with van der Waals surface area (Å²) < 4.78 is 11.6. The molecule has 3 aromatic carbocycles. The fourth-order valence-corrected chi connectivity index (χ4v) is 2.80. The van der Waals surface area contributed by atoms with Crippen LogP contribution in [0.1, 0.15) is 11.1 Å². The Morgan fingerprint density at radius 3 is 2.33 bits per heavy atom. The normalized spacial score (nSPS) is 10.5. The van der Waals surface area contributed by atoms with E-state index in [4.69, 9.17) is 8.92 Å². The molecular weight excluding hydrogens is 316 g/mol. The van der Waals surface area contributed by atoms with Gasteiger partial charge in [-0.05, 0) is 55.3 Å². The third-order valence-corrected chi connectivity index (χ3v) is 4.28. The Kier molecular flexibility index (Phi) is 5.94. The highest BCUT2D eigenvalue weighted by Gasteiger charge is 2.00. The van der Waals surface area contributed by atoms with Crippen molar-refractivity contribution in [3.05, 3.63) is 90.0 Å². The molecule has 0 atom stereocenters. The van der Waals surface area contributed by atoms with Gasteiger partial charge in [0.2, 0.25) is 0 Å². The molecule has 0 aliphatic heterocycles. The molecule has 3 heteroatoms. The van der Waals surface area contributed by atoms with Crippen molar-refractivity contribution in [2.75, 3.05) is 6.61 Å². The molecule has 0 unspecified atom stereocenters. The fraction of sp³-hybridized carbons (Fsp3) is 0.143. The molecule has 0 fully saturated rings. The highest BCUT2D eigenvalue weighted by atomic mass is 32.2. The number of benzene rings is 3. The van der Waals surface area contributed by atoms with E-state index in [9.17, 15) is 0 Å². The zero-order valence-corrected chi connectivity index (χ0v) is 14.5. The number of aryl methyl sites for hydroxylation is 1. The largest absolute Gasteiger partial charge is 0.457 e. The Bertz CT molecular complexity index is 754. The zero-order chi connectivity index (χ0) is 16.6. The second kappa shape index (κ2) is 8.57. The van der Waals surface area contributed by atoms with Crippen LogP contribution in [0.4, 0.5) is 0 Å². The molecule has 0 spiro atoms. The summed E-state index contributed by atoms with van der Waals surface area (Å²) in [5, 5.41) is 0. The van der Waals surface area contributed by atoms with Crippen molar-refractivity contribution in [3.63, 3.8) is 0 Å². The Morgan fingerprint density at radius 2 is 1.54 bits per heavy atom. The second-order valence-corrected chi connectivity index (χ2v) is 6.40. The van der Waals surface area contributed by atoms with Gasteiger partial charge in [0.15, 0.2) is 0 Å². The van der Waals surface area contributed by atoms with Crippen LogP contribution in [-0.2, 0) is 10.6 Å². The molecule has 0 aromatic heterocycles. The molecule has 0 bridgehead atoms. The van der Waals surface area contributed by atoms with E-state index in [2.05, 4.69) is 43.3 Å². The summed E-state index contributed by atoms with van der Waals surface area (Å²) in [5.41, 5.74) is 2.46. The Morgan fingerprint density at radius 1 is 0.792 bits per heavy atom. The van der Waals surface area contributed by atoms with Gasteiger partial charge in [-0.1, -0.05) is 48.0 Å². The molecular formula is C21H20O2S. The van der Waals surface area contributed by atoms with E-state index in [0.29, 0.717) is 6.61 Å². The van der Waals surface area contributed by atoms with Gasteiger partial charge >= 0.3 is 0 Å². The van der Waals surface area contributed by atoms with E-state index in [1.165, 1.54) is 23.2 Å². The van der Waals surface area contributed by atoms with Crippen molar-refractivity contribution >= 4 is 12.0 Å². The predicted octanol–water partition coefficient (Wildman–Crippen LogP) is 6.05. The lowest BCUT2D eigenvalue weighted by atomic mass is 10.1. The van der Waals surface area contributed by atoms with Gasteiger partial charge in [0.1, 0.15) is 11.5 Å². The van der Waals surface area contributed by atoms with Gasteiger partial charge in [0, 0.05) is 16.9 Å². The zero-order valence-electron chi connectivity index (χ0n) is 13.6. The van der Waals surface area contributed by atoms with Crippen LogP contribution < -0.4 is 4.74 Å². The lowest BCUT2D eigenvalue weighted by molar-refractivity contribution is 0.378. The first-order valence-electron chi connectivity index (χ1n) is 7.97. The SMILES string of the molecule is Cc1ccc(SOCCc2cccc(Oc3ccccc3)c2)cc1. The van der Waals surface area contributed by atoms with E-state index >= 15 is 0 Å². The van der Waals surface area contributed by atoms with E-state index in [-0.39, 0.29) is 0 Å². The molecule has 122 valence electrons. The third kappa shape index (κ3) is 5.15. The Hall–Kier alpha value is -2.23. The maximum atomic E-state index is 5.86. The molecule has 0 heterocycles. The number of hydrogen-bond acceptors (Lipinski definition) is 3. The summed E-state index contributed by atoms with van der Waals surface area (Å²) in [6.45, 7) is 2.74. The first kappa shape index (κ1) is 16.6. The summed E-state index contributed by atoms with van der Waals surface area (Å²) in [7, 11) is 0. The smallest absolute Gasteiger partial charge is 0.127 e. The average Bonchev–Trinajstić information content (AvgIpc) is 2.61. The van der Waals surface area contributed by atoms with Crippen molar-refractivity contribution in [3.8, 4) is 11.5 Å². The summed E-state index contributed by atoms with van der Waals surface area (Å²) in [6.07, 6.45) is 0.852. The Balaban J connectivity index is 1.48. The van der Waals surface area contributed by atoms with Crippen LogP contribution in [0, 0.1) is 6.92 Å². The third-order valence-electron chi connectivity index (χ3n) is 3.53. The highest BCUT2D eigenvalue weighted by Crippen LogP contribution is 2.23. The molecule has 0 saturated carbocycles. The summed E-state index contributed by atoms with van der Waals surface area (Å²) in [5.74, 6) is 1.70. The van der Waals surface area contributed by atoms with E-state index in [0.717, 1.165) is 22.8 Å². The molecule has 0 radical (unpaired) electrons. The minimum Gasteiger partial charge on any atom is -0.457 e. The number of rotatable bonds is 7. The average molecular weight is 336 g/mol. The van der Waals surface area contributed by atoms with Crippen molar-refractivity contribution in [1.29, 1.82) is 0 Å². The molecule has 2 nitrogen and oxygen atoms in total. The molecule has 3 aromatic rings. The molecule has 24 heavy (non-hydrogen) atoms. The van der Waals surface area contributed by atoms with Gasteiger partial charge in [0.25, 0.3) is 0 Å². The summed E-state index contributed by atoms with van der Waals surface area (Å²) >= 11 is 1.42. The van der Waals surface area contributed by atoms with Gasteiger partial charge in [-0.25, -0.2) is 0 Å². The minimum absolute atomic E-state index is 0.660. The number of para-hydroxylation sites is 1. The van der Waals surface area contributed by atoms with Crippen LogP contribution in [0.5, 0.6) is 11.5 Å². The van der Waals surface area contributed by atoms with Crippen LogP contribution in [0.25, 0.3) is 0 Å². The van der Waals surface area contributed by atoms with E-state index in [1.54, 1.807) is 0 Å². The predicted molar refractivity (Wildman–Crippen MR) is 99.7 cm³/mol. The molecule has 0 aliphatic rings. The first-order valence-corrected chi connectivity index (χ1v) is 8.72. The fourth-order valence-electron chi connectivity index (χ4n) is 2.25. The Labute approximate surface area is 147 Å². The summed E-state index contributed by atoms with van der Waals surface area (Å²) in [6, 6.07) is 26.3. The van der Waals surface area contributed by atoms with E-state index in [1.807, 2.05) is 42.5 Å². The van der Waals surface area contributed by atoms with Gasteiger partial charge < -0.3 is 8.92 Å². The van der Waals surface area contributed by atoms with Gasteiger partial charge in [-0.3, -0.25) is 0 Å². The number of ether oxygens (including phenoxy) is 1. The van der Waals surface area contributed by atoms with E-state index < -0.39 is 0 Å². The molecule has 0 amide bonds. The standard InChI is InChI=1S/C21H20O2S/c1-17-10-12-21(13-11-17)24-22-15-14-18-6-5-9-20(16-18)23-19-7-3-2-4-8-19/h2-13,16H,14-15H2,1H3. The highest BCUT2D eigenvalue weighted by molar-refractivity contribution is 7.94. The maximum Gasteiger partial charge on any atom is 0.127 e. The van der Waals surface area contributed by atoms with Crippen LogP contribution >= 0.6 is 12.0 Å². The molecule has 0 aliphatic carbocycles. The lowest BCUT2D eigenvalue weighted by Gasteiger charge is -2.08.